The number of para-hydroxylation sites is 2. The molecule has 1 heterocycles. The van der Waals surface area contributed by atoms with Gasteiger partial charge in [0.2, 0.25) is 0 Å². The predicted molar refractivity (Wildman–Crippen MR) is 100 cm³/mol. The summed E-state index contributed by atoms with van der Waals surface area (Å²) in [7, 11) is 0. The molecule has 2 N–H and O–H groups in total. The van der Waals surface area contributed by atoms with Crippen LogP contribution in [0, 0.1) is 5.92 Å². The van der Waals surface area contributed by atoms with Crippen molar-refractivity contribution in [2.24, 2.45) is 5.92 Å². The van der Waals surface area contributed by atoms with Gasteiger partial charge in [-0.05, 0) is 62.4 Å². The number of hydrogen-bond donors (Lipinski definition) is 1. The molecule has 0 radical (unpaired) electrons. The summed E-state index contributed by atoms with van der Waals surface area (Å²) >= 11 is 0. The third-order valence-corrected chi connectivity index (χ3v) is 4.87. The van der Waals surface area contributed by atoms with Gasteiger partial charge in [0.05, 0.1) is 12.3 Å². The largest absolute Gasteiger partial charge is 0.491 e. The maximum absolute atomic E-state index is 5.89. The van der Waals surface area contributed by atoms with Crippen LogP contribution in [0.3, 0.4) is 0 Å². The molecule has 1 saturated heterocycles. The zero-order valence-electron chi connectivity index (χ0n) is 14.4. The van der Waals surface area contributed by atoms with Crippen molar-refractivity contribution in [2.45, 2.75) is 25.7 Å². The molecule has 3 heteroatoms. The number of nitrogens with two attached hydrogens (primary N) is 1. The van der Waals surface area contributed by atoms with E-state index in [0.29, 0.717) is 0 Å². The van der Waals surface area contributed by atoms with Crippen LogP contribution in [-0.4, -0.2) is 31.1 Å². The minimum atomic E-state index is 0.722. The lowest BCUT2D eigenvalue weighted by Gasteiger charge is -2.32. The molecule has 2 aromatic carbocycles. The number of ether oxygens (including phenoxy) is 1. The number of benzene rings is 2. The van der Waals surface area contributed by atoms with Gasteiger partial charge in [0, 0.05) is 6.54 Å². The van der Waals surface area contributed by atoms with Gasteiger partial charge in [-0.1, -0.05) is 42.5 Å². The highest BCUT2D eigenvalue weighted by molar-refractivity contribution is 5.51. The van der Waals surface area contributed by atoms with Crippen LogP contribution in [0.15, 0.2) is 54.6 Å². The van der Waals surface area contributed by atoms with E-state index in [9.17, 15) is 0 Å². The standard InChI is InChI=1S/C21H28N2O/c22-20-9-4-5-10-21(20)24-16-6-13-23-14-11-19(12-15-23)17-18-7-2-1-3-8-18/h1-5,7-10,19H,6,11-17,22H2. The van der Waals surface area contributed by atoms with E-state index in [4.69, 9.17) is 10.5 Å². The Bertz CT molecular complexity index is 606. The van der Waals surface area contributed by atoms with E-state index in [-0.39, 0.29) is 0 Å². The van der Waals surface area contributed by atoms with Gasteiger partial charge in [0.15, 0.2) is 0 Å². The molecule has 0 amide bonds. The van der Waals surface area contributed by atoms with E-state index in [0.717, 1.165) is 36.9 Å². The Labute approximate surface area is 145 Å². The molecule has 0 aliphatic carbocycles. The fraction of sp³-hybridized carbons (Fsp3) is 0.429. The summed E-state index contributed by atoms with van der Waals surface area (Å²) in [6.45, 7) is 4.28. The Morgan fingerprint density at radius 1 is 0.958 bits per heavy atom. The van der Waals surface area contributed by atoms with Crippen molar-refractivity contribution >= 4 is 5.69 Å². The minimum absolute atomic E-state index is 0.722. The van der Waals surface area contributed by atoms with E-state index < -0.39 is 0 Å². The van der Waals surface area contributed by atoms with Crippen LogP contribution >= 0.6 is 0 Å². The van der Waals surface area contributed by atoms with Crippen molar-refractivity contribution in [2.75, 3.05) is 32.0 Å². The average Bonchev–Trinajstić information content (AvgIpc) is 2.62. The van der Waals surface area contributed by atoms with E-state index in [1.54, 1.807) is 0 Å². The lowest BCUT2D eigenvalue weighted by molar-refractivity contribution is 0.171. The van der Waals surface area contributed by atoms with Crippen LogP contribution in [0.4, 0.5) is 5.69 Å². The summed E-state index contributed by atoms with van der Waals surface area (Å²) < 4.78 is 5.78. The third kappa shape index (κ3) is 5.00. The quantitative estimate of drug-likeness (QED) is 0.618. The van der Waals surface area contributed by atoms with Gasteiger partial charge in [0.1, 0.15) is 5.75 Å². The van der Waals surface area contributed by atoms with Crippen molar-refractivity contribution in [1.29, 1.82) is 0 Å². The molecule has 0 saturated carbocycles. The Morgan fingerprint density at radius 2 is 1.67 bits per heavy atom. The Morgan fingerprint density at radius 3 is 2.42 bits per heavy atom. The smallest absolute Gasteiger partial charge is 0.142 e. The van der Waals surface area contributed by atoms with Crippen LogP contribution < -0.4 is 10.5 Å². The fourth-order valence-electron chi connectivity index (χ4n) is 3.44. The maximum atomic E-state index is 5.89. The number of piperidine rings is 1. The molecule has 3 nitrogen and oxygen atoms in total. The molecule has 0 unspecified atom stereocenters. The lowest BCUT2D eigenvalue weighted by atomic mass is 9.90. The summed E-state index contributed by atoms with van der Waals surface area (Å²) in [5.74, 6) is 1.64. The zero-order chi connectivity index (χ0) is 16.6. The van der Waals surface area contributed by atoms with Crippen LogP contribution in [0.5, 0.6) is 5.75 Å². The number of hydrogen-bond acceptors (Lipinski definition) is 3. The molecular formula is C21H28N2O. The zero-order valence-corrected chi connectivity index (χ0v) is 14.4. The van der Waals surface area contributed by atoms with E-state index in [1.807, 2.05) is 24.3 Å². The van der Waals surface area contributed by atoms with Gasteiger partial charge in [-0.2, -0.15) is 0 Å². The second-order valence-corrected chi connectivity index (χ2v) is 6.71. The summed E-state index contributed by atoms with van der Waals surface area (Å²) in [6, 6.07) is 18.6. The first-order valence-electron chi connectivity index (χ1n) is 9.05. The summed E-state index contributed by atoms with van der Waals surface area (Å²) in [5, 5.41) is 0. The fourth-order valence-corrected chi connectivity index (χ4v) is 3.44. The molecule has 24 heavy (non-hydrogen) atoms. The molecule has 128 valence electrons. The highest BCUT2D eigenvalue weighted by Crippen LogP contribution is 2.22. The van der Waals surface area contributed by atoms with Gasteiger partial charge in [-0.15, -0.1) is 0 Å². The van der Waals surface area contributed by atoms with Crippen LogP contribution in [0.2, 0.25) is 0 Å². The molecule has 0 aromatic heterocycles. The van der Waals surface area contributed by atoms with E-state index >= 15 is 0 Å². The molecule has 1 fully saturated rings. The Kier molecular flexibility index (Phi) is 6.13. The SMILES string of the molecule is Nc1ccccc1OCCCN1CCC(Cc2ccccc2)CC1. The van der Waals surface area contributed by atoms with Crippen molar-refractivity contribution in [3.05, 3.63) is 60.2 Å². The summed E-state index contributed by atoms with van der Waals surface area (Å²) in [4.78, 5) is 2.57. The summed E-state index contributed by atoms with van der Waals surface area (Å²) in [6.07, 6.45) is 4.89. The van der Waals surface area contributed by atoms with E-state index in [2.05, 4.69) is 35.2 Å². The molecule has 1 aliphatic rings. The second-order valence-electron chi connectivity index (χ2n) is 6.71. The van der Waals surface area contributed by atoms with Crippen molar-refractivity contribution < 1.29 is 4.74 Å². The average molecular weight is 324 g/mol. The molecule has 2 aromatic rings. The highest BCUT2D eigenvalue weighted by atomic mass is 16.5. The van der Waals surface area contributed by atoms with Gasteiger partial charge in [-0.25, -0.2) is 0 Å². The Balaban J connectivity index is 1.32. The van der Waals surface area contributed by atoms with Crippen molar-refractivity contribution in [1.82, 2.24) is 4.90 Å². The maximum Gasteiger partial charge on any atom is 0.142 e. The number of anilines is 1. The van der Waals surface area contributed by atoms with Crippen molar-refractivity contribution in [3.63, 3.8) is 0 Å². The van der Waals surface area contributed by atoms with Crippen LogP contribution in [0.25, 0.3) is 0 Å². The van der Waals surface area contributed by atoms with Crippen LogP contribution in [0.1, 0.15) is 24.8 Å². The monoisotopic (exact) mass is 324 g/mol. The number of rotatable bonds is 7. The number of nitrogen functional groups attached to an aromatic ring is 1. The third-order valence-electron chi connectivity index (χ3n) is 4.87. The first-order valence-corrected chi connectivity index (χ1v) is 9.05. The predicted octanol–water partition coefficient (Wildman–Crippen LogP) is 3.99. The molecule has 0 atom stereocenters. The molecule has 0 bridgehead atoms. The molecule has 1 aliphatic heterocycles. The second kappa shape index (κ2) is 8.74. The summed E-state index contributed by atoms with van der Waals surface area (Å²) in [5.41, 5.74) is 8.09. The van der Waals surface area contributed by atoms with Gasteiger partial charge >= 0.3 is 0 Å². The number of likely N-dealkylation sites (tertiary alicyclic amines) is 1. The highest BCUT2D eigenvalue weighted by Gasteiger charge is 2.19. The lowest BCUT2D eigenvalue weighted by Crippen LogP contribution is -2.35. The molecular weight excluding hydrogens is 296 g/mol. The van der Waals surface area contributed by atoms with E-state index in [1.165, 1.54) is 37.9 Å². The minimum Gasteiger partial charge on any atom is -0.491 e. The Hall–Kier alpha value is -2.00. The normalized spacial score (nSPS) is 16.2. The van der Waals surface area contributed by atoms with Gasteiger partial charge < -0.3 is 15.4 Å². The molecule has 3 rings (SSSR count). The number of nitrogens with zero attached hydrogens (tertiary/aromatic N) is 1. The van der Waals surface area contributed by atoms with Crippen LogP contribution in [-0.2, 0) is 6.42 Å². The first kappa shape index (κ1) is 16.8. The van der Waals surface area contributed by atoms with Crippen molar-refractivity contribution in [3.8, 4) is 5.75 Å². The first-order chi connectivity index (χ1) is 11.8. The van der Waals surface area contributed by atoms with Gasteiger partial charge in [0.25, 0.3) is 0 Å². The van der Waals surface area contributed by atoms with Gasteiger partial charge in [-0.3, -0.25) is 0 Å². The molecule has 0 spiro atoms. The topological polar surface area (TPSA) is 38.5 Å².